The summed E-state index contributed by atoms with van der Waals surface area (Å²) in [6.07, 6.45) is 0. The van der Waals surface area contributed by atoms with Gasteiger partial charge in [0.2, 0.25) is 0 Å². The Balaban J connectivity index is 3.13. The SMILES string of the molecule is CNC(C(=O)O)C(C)(C)c1cccc(O)c1. The van der Waals surface area contributed by atoms with Gasteiger partial charge in [0.25, 0.3) is 0 Å². The minimum absolute atomic E-state index is 0.144. The van der Waals surface area contributed by atoms with Gasteiger partial charge in [0.1, 0.15) is 11.8 Å². The van der Waals surface area contributed by atoms with Crippen molar-refractivity contribution >= 4 is 5.97 Å². The molecule has 0 aliphatic heterocycles. The largest absolute Gasteiger partial charge is 0.508 e. The first-order valence-electron chi connectivity index (χ1n) is 5.09. The van der Waals surface area contributed by atoms with Crippen molar-refractivity contribution in [3.63, 3.8) is 0 Å². The monoisotopic (exact) mass is 223 g/mol. The molecule has 0 spiro atoms. The van der Waals surface area contributed by atoms with Gasteiger partial charge in [0, 0.05) is 5.41 Å². The summed E-state index contributed by atoms with van der Waals surface area (Å²) in [5, 5.41) is 21.3. The molecule has 0 aliphatic carbocycles. The zero-order valence-corrected chi connectivity index (χ0v) is 9.69. The second-order valence-corrected chi connectivity index (χ2v) is 4.33. The number of hydrogen-bond acceptors (Lipinski definition) is 3. The minimum atomic E-state index is -0.907. The lowest BCUT2D eigenvalue weighted by Crippen LogP contribution is -2.48. The summed E-state index contributed by atoms with van der Waals surface area (Å²) in [5.74, 6) is -0.762. The van der Waals surface area contributed by atoms with E-state index in [1.807, 2.05) is 19.9 Å². The maximum Gasteiger partial charge on any atom is 0.321 e. The van der Waals surface area contributed by atoms with Crippen molar-refractivity contribution in [2.45, 2.75) is 25.3 Å². The highest BCUT2D eigenvalue weighted by Crippen LogP contribution is 2.29. The Morgan fingerprint density at radius 1 is 1.44 bits per heavy atom. The molecule has 1 aromatic carbocycles. The van der Waals surface area contributed by atoms with Gasteiger partial charge in [-0.25, -0.2) is 0 Å². The van der Waals surface area contributed by atoms with Crippen molar-refractivity contribution in [2.75, 3.05) is 7.05 Å². The molecule has 0 fully saturated rings. The molecule has 0 heterocycles. The maximum absolute atomic E-state index is 11.1. The van der Waals surface area contributed by atoms with Crippen molar-refractivity contribution in [3.8, 4) is 5.75 Å². The first-order valence-corrected chi connectivity index (χ1v) is 5.09. The number of aromatic hydroxyl groups is 1. The number of phenolic OH excluding ortho intramolecular Hbond substituents is 1. The Hall–Kier alpha value is -1.55. The number of rotatable bonds is 4. The van der Waals surface area contributed by atoms with E-state index in [1.165, 1.54) is 0 Å². The summed E-state index contributed by atoms with van der Waals surface area (Å²) in [4.78, 5) is 11.1. The van der Waals surface area contributed by atoms with Crippen LogP contribution in [0.2, 0.25) is 0 Å². The normalized spacial score (nSPS) is 13.4. The van der Waals surface area contributed by atoms with E-state index >= 15 is 0 Å². The van der Waals surface area contributed by atoms with Crippen molar-refractivity contribution in [1.82, 2.24) is 5.32 Å². The molecule has 1 rings (SSSR count). The van der Waals surface area contributed by atoms with E-state index in [-0.39, 0.29) is 5.75 Å². The predicted molar refractivity (Wildman–Crippen MR) is 61.6 cm³/mol. The fourth-order valence-corrected chi connectivity index (χ4v) is 1.87. The molecule has 4 heteroatoms. The van der Waals surface area contributed by atoms with E-state index in [0.717, 1.165) is 5.56 Å². The molecule has 3 N–H and O–H groups in total. The van der Waals surface area contributed by atoms with Gasteiger partial charge >= 0.3 is 5.97 Å². The summed E-state index contributed by atoms with van der Waals surface area (Å²) in [6.45, 7) is 3.66. The standard InChI is InChI=1S/C12H17NO3/c1-12(2,10(13-3)11(15)16)8-5-4-6-9(14)7-8/h4-7,10,13-14H,1-3H3,(H,15,16). The van der Waals surface area contributed by atoms with Crippen molar-refractivity contribution in [2.24, 2.45) is 0 Å². The molecule has 0 radical (unpaired) electrons. The van der Waals surface area contributed by atoms with Crippen LogP contribution in [-0.2, 0) is 10.2 Å². The first kappa shape index (κ1) is 12.5. The highest BCUT2D eigenvalue weighted by Gasteiger charge is 2.35. The van der Waals surface area contributed by atoms with Crippen LogP contribution in [0.1, 0.15) is 19.4 Å². The third-order valence-corrected chi connectivity index (χ3v) is 2.85. The zero-order valence-electron chi connectivity index (χ0n) is 9.69. The molecule has 1 atom stereocenters. The quantitative estimate of drug-likeness (QED) is 0.720. The third kappa shape index (κ3) is 2.33. The molecule has 4 nitrogen and oxygen atoms in total. The summed E-state index contributed by atoms with van der Waals surface area (Å²) in [5.41, 5.74) is 0.188. The number of carbonyl (C=O) groups is 1. The van der Waals surface area contributed by atoms with Crippen LogP contribution in [0.3, 0.4) is 0 Å². The Kier molecular flexibility index (Phi) is 3.55. The molecule has 88 valence electrons. The van der Waals surface area contributed by atoms with Crippen LogP contribution in [0.25, 0.3) is 0 Å². The molecule has 1 aromatic rings. The van der Waals surface area contributed by atoms with Crippen LogP contribution < -0.4 is 5.32 Å². The number of carboxylic acids is 1. The second-order valence-electron chi connectivity index (χ2n) is 4.33. The molecule has 0 aromatic heterocycles. The molecule has 0 aliphatic rings. The van der Waals surface area contributed by atoms with Gasteiger partial charge < -0.3 is 15.5 Å². The summed E-state index contributed by atoms with van der Waals surface area (Å²) >= 11 is 0. The van der Waals surface area contributed by atoms with Gasteiger partial charge in [-0.15, -0.1) is 0 Å². The van der Waals surface area contributed by atoms with Gasteiger partial charge in [-0.2, -0.15) is 0 Å². The lowest BCUT2D eigenvalue weighted by molar-refractivity contribution is -0.141. The van der Waals surface area contributed by atoms with Crippen molar-refractivity contribution in [1.29, 1.82) is 0 Å². The van der Waals surface area contributed by atoms with Crippen molar-refractivity contribution in [3.05, 3.63) is 29.8 Å². The van der Waals surface area contributed by atoms with E-state index < -0.39 is 17.4 Å². The van der Waals surface area contributed by atoms with Crippen LogP contribution >= 0.6 is 0 Å². The molecule has 1 unspecified atom stereocenters. The fourth-order valence-electron chi connectivity index (χ4n) is 1.87. The Labute approximate surface area is 94.9 Å². The van der Waals surface area contributed by atoms with Crippen molar-refractivity contribution < 1.29 is 15.0 Å². The van der Waals surface area contributed by atoms with Gasteiger partial charge in [-0.05, 0) is 24.7 Å². The number of aliphatic carboxylic acids is 1. The molecule has 0 bridgehead atoms. The Morgan fingerprint density at radius 3 is 2.50 bits per heavy atom. The Bertz CT molecular complexity index is 388. The van der Waals surface area contributed by atoms with E-state index in [9.17, 15) is 9.90 Å². The van der Waals surface area contributed by atoms with E-state index in [2.05, 4.69) is 5.32 Å². The summed E-state index contributed by atoms with van der Waals surface area (Å²) in [6, 6.07) is 5.98. The molecule has 0 saturated heterocycles. The number of hydrogen-bond donors (Lipinski definition) is 3. The van der Waals surface area contributed by atoms with Crippen LogP contribution in [0.15, 0.2) is 24.3 Å². The molecule has 0 saturated carbocycles. The lowest BCUT2D eigenvalue weighted by Gasteiger charge is -2.31. The van der Waals surface area contributed by atoms with E-state index in [1.54, 1.807) is 25.2 Å². The summed E-state index contributed by atoms with van der Waals surface area (Å²) in [7, 11) is 1.61. The molecular formula is C12H17NO3. The lowest BCUT2D eigenvalue weighted by atomic mass is 9.77. The van der Waals surface area contributed by atoms with E-state index in [0.29, 0.717) is 0 Å². The minimum Gasteiger partial charge on any atom is -0.508 e. The third-order valence-electron chi connectivity index (χ3n) is 2.85. The maximum atomic E-state index is 11.1. The zero-order chi connectivity index (χ0) is 12.3. The van der Waals surface area contributed by atoms with Gasteiger partial charge in [-0.3, -0.25) is 4.79 Å². The first-order chi connectivity index (χ1) is 7.39. The number of benzene rings is 1. The average molecular weight is 223 g/mol. The number of carboxylic acid groups (broad SMARTS) is 1. The smallest absolute Gasteiger partial charge is 0.321 e. The fraction of sp³-hybridized carbons (Fsp3) is 0.417. The number of phenols is 1. The second kappa shape index (κ2) is 4.53. The molecule has 0 amide bonds. The number of likely N-dealkylation sites (N-methyl/N-ethyl adjacent to an activating group) is 1. The van der Waals surface area contributed by atoms with Crippen LogP contribution in [-0.4, -0.2) is 29.3 Å². The average Bonchev–Trinajstić information content (AvgIpc) is 2.17. The van der Waals surface area contributed by atoms with Gasteiger partial charge in [0.15, 0.2) is 0 Å². The highest BCUT2D eigenvalue weighted by molar-refractivity contribution is 5.76. The van der Waals surface area contributed by atoms with Crippen LogP contribution in [0, 0.1) is 0 Å². The topological polar surface area (TPSA) is 69.6 Å². The predicted octanol–water partition coefficient (Wildman–Crippen LogP) is 1.34. The van der Waals surface area contributed by atoms with Crippen LogP contribution in [0.5, 0.6) is 5.75 Å². The highest BCUT2D eigenvalue weighted by atomic mass is 16.4. The number of nitrogens with one attached hydrogen (secondary N) is 1. The molecule has 16 heavy (non-hydrogen) atoms. The van der Waals surface area contributed by atoms with Gasteiger partial charge in [-0.1, -0.05) is 26.0 Å². The molecular weight excluding hydrogens is 206 g/mol. The van der Waals surface area contributed by atoms with Gasteiger partial charge in [0.05, 0.1) is 0 Å². The van der Waals surface area contributed by atoms with E-state index in [4.69, 9.17) is 5.11 Å². The summed E-state index contributed by atoms with van der Waals surface area (Å²) < 4.78 is 0. The Morgan fingerprint density at radius 2 is 2.06 bits per heavy atom. The van der Waals surface area contributed by atoms with Crippen LogP contribution in [0.4, 0.5) is 0 Å².